The highest BCUT2D eigenvalue weighted by Gasteiger charge is 2.04. The Bertz CT molecular complexity index is 668. The Morgan fingerprint density at radius 3 is 2.24 bits per heavy atom. The van der Waals surface area contributed by atoms with Crippen LogP contribution in [0.25, 0.3) is 20.5 Å². The molecule has 0 radical (unpaired) electrons. The Kier molecular flexibility index (Phi) is 2.27. The predicted octanol–water partition coefficient (Wildman–Crippen LogP) is 3.98. The molecule has 0 saturated heterocycles. The van der Waals surface area contributed by atoms with E-state index in [1.54, 1.807) is 35.6 Å². The summed E-state index contributed by atoms with van der Waals surface area (Å²) in [6.07, 6.45) is 0. The minimum absolute atomic E-state index is 0.271. The number of thiophene rings is 1. The van der Waals surface area contributed by atoms with Gasteiger partial charge in [0.05, 0.1) is 0 Å². The lowest BCUT2D eigenvalue weighted by Gasteiger charge is -1.96. The summed E-state index contributed by atoms with van der Waals surface area (Å²) < 4.78 is 1.14. The van der Waals surface area contributed by atoms with E-state index in [9.17, 15) is 10.2 Å². The molecule has 3 rings (SSSR count). The van der Waals surface area contributed by atoms with Crippen LogP contribution in [-0.4, -0.2) is 10.2 Å². The largest absolute Gasteiger partial charge is 0.508 e. The molecule has 2 aromatic carbocycles. The molecular formula is C14H10O2S. The fourth-order valence-electron chi connectivity index (χ4n) is 1.80. The summed E-state index contributed by atoms with van der Waals surface area (Å²) in [5.41, 5.74) is 1.07. The van der Waals surface area contributed by atoms with Gasteiger partial charge in [0.15, 0.2) is 0 Å². The third-order valence-electron chi connectivity index (χ3n) is 2.65. The number of rotatable bonds is 1. The lowest BCUT2D eigenvalue weighted by Crippen LogP contribution is -1.69. The van der Waals surface area contributed by atoms with Gasteiger partial charge in [0, 0.05) is 9.58 Å². The van der Waals surface area contributed by atoms with E-state index in [0.29, 0.717) is 0 Å². The summed E-state index contributed by atoms with van der Waals surface area (Å²) in [6.45, 7) is 0. The average molecular weight is 242 g/mol. The van der Waals surface area contributed by atoms with Gasteiger partial charge in [-0.15, -0.1) is 11.3 Å². The van der Waals surface area contributed by atoms with Crippen molar-refractivity contribution in [3.8, 4) is 21.9 Å². The first-order chi connectivity index (χ1) is 8.22. The Hall–Kier alpha value is -2.00. The van der Waals surface area contributed by atoms with Crippen LogP contribution in [0, 0.1) is 0 Å². The van der Waals surface area contributed by atoms with Crippen molar-refractivity contribution in [2.45, 2.75) is 0 Å². The van der Waals surface area contributed by atoms with Crippen molar-refractivity contribution < 1.29 is 10.2 Å². The first-order valence-electron chi connectivity index (χ1n) is 5.24. The SMILES string of the molecule is Oc1ccc(-c2cc3cc(O)ccc3s2)cc1. The first-order valence-corrected chi connectivity index (χ1v) is 6.06. The van der Waals surface area contributed by atoms with Crippen molar-refractivity contribution in [1.29, 1.82) is 0 Å². The molecular weight excluding hydrogens is 232 g/mol. The van der Waals surface area contributed by atoms with Gasteiger partial charge in [0.25, 0.3) is 0 Å². The number of hydrogen-bond acceptors (Lipinski definition) is 3. The van der Waals surface area contributed by atoms with E-state index in [1.165, 1.54) is 0 Å². The maximum atomic E-state index is 9.42. The average Bonchev–Trinajstić information content (AvgIpc) is 2.72. The molecule has 0 bridgehead atoms. The monoisotopic (exact) mass is 242 g/mol. The second-order valence-corrected chi connectivity index (χ2v) is 4.96. The quantitative estimate of drug-likeness (QED) is 0.677. The van der Waals surface area contributed by atoms with Crippen molar-refractivity contribution in [3.63, 3.8) is 0 Å². The molecule has 2 N–H and O–H groups in total. The normalized spacial score (nSPS) is 10.8. The summed E-state index contributed by atoms with van der Waals surface area (Å²) in [6, 6.07) is 14.6. The summed E-state index contributed by atoms with van der Waals surface area (Å²) in [7, 11) is 0. The number of aromatic hydroxyl groups is 2. The van der Waals surface area contributed by atoms with E-state index in [2.05, 4.69) is 0 Å². The van der Waals surface area contributed by atoms with E-state index < -0.39 is 0 Å². The predicted molar refractivity (Wildman–Crippen MR) is 70.6 cm³/mol. The number of phenolic OH excluding ortho intramolecular Hbond substituents is 2. The number of fused-ring (bicyclic) bond motifs is 1. The Balaban J connectivity index is 2.14. The standard InChI is InChI=1S/C14H10O2S/c15-11-3-1-9(2-4-11)14-8-10-7-12(16)5-6-13(10)17-14/h1-8,15-16H. The van der Waals surface area contributed by atoms with Crippen LogP contribution in [0.2, 0.25) is 0 Å². The Labute approximate surface area is 102 Å². The molecule has 84 valence electrons. The zero-order chi connectivity index (χ0) is 11.8. The van der Waals surface area contributed by atoms with Crippen LogP contribution in [0.3, 0.4) is 0 Å². The van der Waals surface area contributed by atoms with Gasteiger partial charge in [-0.1, -0.05) is 0 Å². The van der Waals surface area contributed by atoms with E-state index in [4.69, 9.17) is 0 Å². The van der Waals surface area contributed by atoms with Crippen LogP contribution < -0.4 is 0 Å². The van der Waals surface area contributed by atoms with Crippen molar-refractivity contribution in [3.05, 3.63) is 48.5 Å². The number of hydrogen-bond donors (Lipinski definition) is 2. The highest BCUT2D eigenvalue weighted by Crippen LogP contribution is 2.35. The van der Waals surface area contributed by atoms with Crippen LogP contribution >= 0.6 is 11.3 Å². The van der Waals surface area contributed by atoms with Gasteiger partial charge < -0.3 is 10.2 Å². The van der Waals surface area contributed by atoms with Crippen molar-refractivity contribution in [2.75, 3.05) is 0 Å². The Morgan fingerprint density at radius 1 is 0.765 bits per heavy atom. The fourth-order valence-corrected chi connectivity index (χ4v) is 2.85. The first kappa shape index (κ1) is 10.2. The van der Waals surface area contributed by atoms with Gasteiger partial charge >= 0.3 is 0 Å². The van der Waals surface area contributed by atoms with Crippen LogP contribution in [-0.2, 0) is 0 Å². The topological polar surface area (TPSA) is 40.5 Å². The molecule has 0 saturated carbocycles. The van der Waals surface area contributed by atoms with Crippen LogP contribution in [0.4, 0.5) is 0 Å². The molecule has 0 aliphatic rings. The van der Waals surface area contributed by atoms with E-state index in [0.717, 1.165) is 20.5 Å². The third-order valence-corrected chi connectivity index (χ3v) is 3.82. The molecule has 3 heteroatoms. The highest BCUT2D eigenvalue weighted by atomic mass is 32.1. The second kappa shape index (κ2) is 3.79. The molecule has 0 unspecified atom stereocenters. The third kappa shape index (κ3) is 1.85. The lowest BCUT2D eigenvalue weighted by atomic mass is 10.1. The molecule has 0 spiro atoms. The summed E-state index contributed by atoms with van der Waals surface area (Å²) in [5, 5.41) is 19.7. The molecule has 1 heterocycles. The molecule has 17 heavy (non-hydrogen) atoms. The fraction of sp³-hybridized carbons (Fsp3) is 0. The van der Waals surface area contributed by atoms with E-state index >= 15 is 0 Å². The molecule has 2 nitrogen and oxygen atoms in total. The van der Waals surface area contributed by atoms with Gasteiger partial charge in [-0.2, -0.15) is 0 Å². The molecule has 0 aliphatic heterocycles. The highest BCUT2D eigenvalue weighted by molar-refractivity contribution is 7.22. The zero-order valence-electron chi connectivity index (χ0n) is 8.92. The molecule has 0 aliphatic carbocycles. The minimum atomic E-state index is 0.271. The van der Waals surface area contributed by atoms with Crippen LogP contribution in [0.5, 0.6) is 11.5 Å². The second-order valence-electron chi connectivity index (χ2n) is 3.88. The van der Waals surface area contributed by atoms with Crippen LogP contribution in [0.15, 0.2) is 48.5 Å². The van der Waals surface area contributed by atoms with Gasteiger partial charge in [-0.3, -0.25) is 0 Å². The van der Waals surface area contributed by atoms with Gasteiger partial charge in [0.2, 0.25) is 0 Å². The minimum Gasteiger partial charge on any atom is -0.508 e. The van der Waals surface area contributed by atoms with Crippen molar-refractivity contribution >= 4 is 21.4 Å². The van der Waals surface area contributed by atoms with Crippen molar-refractivity contribution in [1.82, 2.24) is 0 Å². The zero-order valence-corrected chi connectivity index (χ0v) is 9.74. The van der Waals surface area contributed by atoms with Gasteiger partial charge in [0.1, 0.15) is 11.5 Å². The van der Waals surface area contributed by atoms with Gasteiger partial charge in [-0.05, 0) is 59.5 Å². The molecule has 1 aromatic heterocycles. The molecule has 0 atom stereocenters. The van der Waals surface area contributed by atoms with Gasteiger partial charge in [-0.25, -0.2) is 0 Å². The molecule has 0 fully saturated rings. The maximum absolute atomic E-state index is 9.42. The smallest absolute Gasteiger partial charge is 0.116 e. The molecule has 0 amide bonds. The summed E-state index contributed by atoms with van der Waals surface area (Å²) in [4.78, 5) is 1.13. The van der Waals surface area contributed by atoms with Crippen LogP contribution in [0.1, 0.15) is 0 Å². The van der Waals surface area contributed by atoms with E-state index in [-0.39, 0.29) is 11.5 Å². The lowest BCUT2D eigenvalue weighted by molar-refractivity contribution is 0.475. The van der Waals surface area contributed by atoms with Crippen molar-refractivity contribution in [2.24, 2.45) is 0 Å². The number of benzene rings is 2. The maximum Gasteiger partial charge on any atom is 0.116 e. The van der Waals surface area contributed by atoms with E-state index in [1.807, 2.05) is 24.3 Å². The number of phenols is 2. The molecule has 3 aromatic rings. The summed E-state index contributed by atoms with van der Waals surface area (Å²) >= 11 is 1.67. The summed E-state index contributed by atoms with van der Waals surface area (Å²) in [5.74, 6) is 0.556. The Morgan fingerprint density at radius 2 is 1.47 bits per heavy atom.